The number of benzene rings is 2. The summed E-state index contributed by atoms with van der Waals surface area (Å²) in [5, 5.41) is 9.68. The average molecular weight is 401 g/mol. The van der Waals surface area contributed by atoms with E-state index < -0.39 is 18.1 Å². The van der Waals surface area contributed by atoms with E-state index in [-0.39, 0.29) is 19.1 Å². The average Bonchev–Trinajstić information content (AvgIpc) is 3.28. The number of aliphatic carboxylic acids is 1. The molecule has 1 N–H and O–H groups in total. The number of carbonyl (C=O) groups is 2. The summed E-state index contributed by atoms with van der Waals surface area (Å²) >= 11 is 0. The molecule has 1 atom stereocenters. The Morgan fingerprint density at radius 3 is 2.33 bits per heavy atom. The number of rotatable bonds is 3. The molecule has 1 unspecified atom stereocenters. The maximum Gasteiger partial charge on any atom is 0.411 e. The van der Waals surface area contributed by atoms with Crippen LogP contribution >= 0.6 is 0 Å². The van der Waals surface area contributed by atoms with Crippen molar-refractivity contribution in [3.05, 3.63) is 82.9 Å². The lowest BCUT2D eigenvalue weighted by Gasteiger charge is -2.22. The van der Waals surface area contributed by atoms with Crippen molar-refractivity contribution in [3.63, 3.8) is 0 Å². The molecule has 0 fully saturated rings. The van der Waals surface area contributed by atoms with Crippen molar-refractivity contribution in [2.24, 2.45) is 0 Å². The fourth-order valence-corrected chi connectivity index (χ4v) is 4.42. The Balaban J connectivity index is 1.39. The molecule has 5 rings (SSSR count). The zero-order valence-corrected chi connectivity index (χ0v) is 16.3. The van der Waals surface area contributed by atoms with Gasteiger partial charge in [0.25, 0.3) is 0 Å². The van der Waals surface area contributed by atoms with Gasteiger partial charge in [0.05, 0.1) is 12.2 Å². The van der Waals surface area contributed by atoms with Crippen molar-refractivity contribution in [3.8, 4) is 11.1 Å². The van der Waals surface area contributed by atoms with Crippen LogP contribution in [0.5, 0.6) is 0 Å². The molecule has 0 bridgehead atoms. The number of hydrogen-bond acceptors (Lipinski definition) is 5. The first-order chi connectivity index (χ1) is 14.5. The lowest BCUT2D eigenvalue weighted by atomic mass is 9.98. The SMILES string of the molecule is Cc1ncc2c(n1)CN(C(=O)OCC1c3ccccc3-c3ccccc31)C2C(=O)O. The monoisotopic (exact) mass is 401 g/mol. The topological polar surface area (TPSA) is 92.6 Å². The molecule has 7 heteroatoms. The van der Waals surface area contributed by atoms with Gasteiger partial charge in [0.1, 0.15) is 12.4 Å². The van der Waals surface area contributed by atoms with Gasteiger partial charge in [-0.05, 0) is 29.2 Å². The Morgan fingerprint density at radius 2 is 1.70 bits per heavy atom. The molecule has 1 aromatic heterocycles. The van der Waals surface area contributed by atoms with E-state index in [1.807, 2.05) is 36.4 Å². The highest BCUT2D eigenvalue weighted by atomic mass is 16.6. The zero-order chi connectivity index (χ0) is 20.8. The molecule has 0 saturated heterocycles. The molecule has 0 saturated carbocycles. The molecule has 1 aliphatic carbocycles. The minimum atomic E-state index is -1.14. The predicted molar refractivity (Wildman–Crippen MR) is 108 cm³/mol. The van der Waals surface area contributed by atoms with Crippen LogP contribution in [0, 0.1) is 6.92 Å². The summed E-state index contributed by atoms with van der Waals surface area (Å²) in [6, 6.07) is 15.0. The van der Waals surface area contributed by atoms with E-state index in [0.717, 1.165) is 22.3 Å². The minimum absolute atomic E-state index is 0.0864. The van der Waals surface area contributed by atoms with Gasteiger partial charge in [-0.25, -0.2) is 19.6 Å². The molecular formula is C23H19N3O4. The molecule has 0 spiro atoms. The van der Waals surface area contributed by atoms with E-state index >= 15 is 0 Å². The number of carbonyl (C=O) groups excluding carboxylic acids is 1. The number of aromatic nitrogens is 2. The number of ether oxygens (including phenoxy) is 1. The second kappa shape index (κ2) is 6.95. The van der Waals surface area contributed by atoms with Gasteiger partial charge in [0.2, 0.25) is 0 Å². The molecular weight excluding hydrogens is 382 g/mol. The van der Waals surface area contributed by atoms with Crippen LogP contribution < -0.4 is 0 Å². The Kier molecular flexibility index (Phi) is 4.24. The van der Waals surface area contributed by atoms with Crippen LogP contribution in [0.15, 0.2) is 54.7 Å². The van der Waals surface area contributed by atoms with Gasteiger partial charge < -0.3 is 9.84 Å². The number of aryl methyl sites for hydroxylation is 1. The van der Waals surface area contributed by atoms with Crippen LogP contribution in [0.2, 0.25) is 0 Å². The van der Waals surface area contributed by atoms with Crippen molar-refractivity contribution in [2.75, 3.05) is 6.61 Å². The maximum absolute atomic E-state index is 12.9. The number of nitrogens with zero attached hydrogens (tertiary/aromatic N) is 3. The van der Waals surface area contributed by atoms with E-state index in [1.54, 1.807) is 6.92 Å². The Labute approximate surface area is 173 Å². The molecule has 3 aromatic rings. The highest BCUT2D eigenvalue weighted by molar-refractivity contribution is 5.83. The summed E-state index contributed by atoms with van der Waals surface area (Å²) in [4.78, 5) is 34.3. The molecule has 150 valence electrons. The fraction of sp³-hybridized carbons (Fsp3) is 0.217. The Hall–Kier alpha value is -3.74. The summed E-state index contributed by atoms with van der Waals surface area (Å²) in [5.74, 6) is -0.682. The third kappa shape index (κ3) is 2.82. The zero-order valence-electron chi connectivity index (χ0n) is 16.3. The predicted octanol–water partition coefficient (Wildman–Crippen LogP) is 3.68. The van der Waals surface area contributed by atoms with Gasteiger partial charge in [-0.1, -0.05) is 48.5 Å². The Morgan fingerprint density at radius 1 is 1.07 bits per heavy atom. The van der Waals surface area contributed by atoms with Crippen LogP contribution in [0.4, 0.5) is 4.79 Å². The summed E-state index contributed by atoms with van der Waals surface area (Å²) < 4.78 is 5.64. The standard InChI is InChI=1S/C23H19N3O4/c1-13-24-10-18-20(25-13)11-26(21(18)22(27)28)23(29)30-12-19-16-8-4-2-6-14(16)15-7-3-5-9-17(15)19/h2-10,19,21H,11-12H2,1H3,(H,27,28). The van der Waals surface area contributed by atoms with Gasteiger partial charge in [0, 0.05) is 17.7 Å². The molecule has 7 nitrogen and oxygen atoms in total. The van der Waals surface area contributed by atoms with Crippen LogP contribution in [0.1, 0.15) is 40.2 Å². The maximum atomic E-state index is 12.9. The summed E-state index contributed by atoms with van der Waals surface area (Å²) in [6.07, 6.45) is 0.813. The highest BCUT2D eigenvalue weighted by Crippen LogP contribution is 2.44. The lowest BCUT2D eigenvalue weighted by Crippen LogP contribution is -2.35. The van der Waals surface area contributed by atoms with Gasteiger partial charge in [-0.2, -0.15) is 0 Å². The van der Waals surface area contributed by atoms with Gasteiger partial charge in [-0.15, -0.1) is 0 Å². The summed E-state index contributed by atoms with van der Waals surface area (Å²) in [6.45, 7) is 1.95. The number of carboxylic acid groups (broad SMARTS) is 1. The smallest absolute Gasteiger partial charge is 0.411 e. The molecule has 0 radical (unpaired) electrons. The largest absolute Gasteiger partial charge is 0.479 e. The quantitative estimate of drug-likeness (QED) is 0.720. The molecule has 1 aliphatic heterocycles. The lowest BCUT2D eigenvalue weighted by molar-refractivity contribution is -0.142. The minimum Gasteiger partial charge on any atom is -0.479 e. The van der Waals surface area contributed by atoms with Crippen molar-refractivity contribution in [1.29, 1.82) is 0 Å². The second-order valence-electron chi connectivity index (χ2n) is 7.49. The normalized spacial score (nSPS) is 16.7. The van der Waals surface area contributed by atoms with E-state index in [2.05, 4.69) is 22.1 Å². The number of amides is 1. The summed E-state index contributed by atoms with van der Waals surface area (Å²) in [5.41, 5.74) is 5.46. The van der Waals surface area contributed by atoms with Crippen molar-refractivity contribution in [2.45, 2.75) is 25.4 Å². The first-order valence-electron chi connectivity index (χ1n) is 9.71. The highest BCUT2D eigenvalue weighted by Gasteiger charge is 2.41. The van der Waals surface area contributed by atoms with E-state index in [0.29, 0.717) is 17.1 Å². The third-order valence-electron chi connectivity index (χ3n) is 5.75. The molecule has 2 heterocycles. The second-order valence-corrected chi connectivity index (χ2v) is 7.49. The number of hydrogen-bond donors (Lipinski definition) is 1. The van der Waals surface area contributed by atoms with Gasteiger partial charge >= 0.3 is 12.1 Å². The first-order valence-corrected chi connectivity index (χ1v) is 9.71. The molecule has 30 heavy (non-hydrogen) atoms. The van der Waals surface area contributed by atoms with Crippen molar-refractivity contribution in [1.82, 2.24) is 14.9 Å². The third-order valence-corrected chi connectivity index (χ3v) is 5.75. The van der Waals surface area contributed by atoms with Gasteiger partial charge in [-0.3, -0.25) is 4.90 Å². The van der Waals surface area contributed by atoms with Crippen LogP contribution in [0.25, 0.3) is 11.1 Å². The van der Waals surface area contributed by atoms with Crippen LogP contribution in [0.3, 0.4) is 0 Å². The first kappa shape index (κ1) is 18.3. The Bertz CT molecular complexity index is 1130. The summed E-state index contributed by atoms with van der Waals surface area (Å²) in [7, 11) is 0. The molecule has 2 aromatic carbocycles. The van der Waals surface area contributed by atoms with Crippen LogP contribution in [-0.2, 0) is 16.1 Å². The van der Waals surface area contributed by atoms with E-state index in [4.69, 9.17) is 4.74 Å². The van der Waals surface area contributed by atoms with E-state index in [9.17, 15) is 14.7 Å². The van der Waals surface area contributed by atoms with Crippen molar-refractivity contribution < 1.29 is 19.4 Å². The number of fused-ring (bicyclic) bond motifs is 4. The number of carboxylic acids is 1. The van der Waals surface area contributed by atoms with Crippen LogP contribution in [-0.4, -0.2) is 38.6 Å². The van der Waals surface area contributed by atoms with Crippen molar-refractivity contribution >= 4 is 12.1 Å². The van der Waals surface area contributed by atoms with Gasteiger partial charge in [0.15, 0.2) is 6.04 Å². The molecule has 2 aliphatic rings. The fourth-order valence-electron chi connectivity index (χ4n) is 4.42. The molecule has 1 amide bonds. The van der Waals surface area contributed by atoms with E-state index in [1.165, 1.54) is 11.1 Å².